The summed E-state index contributed by atoms with van der Waals surface area (Å²) in [5.74, 6) is -2.40. The van der Waals surface area contributed by atoms with Gasteiger partial charge in [0.15, 0.2) is 0 Å². The van der Waals surface area contributed by atoms with Gasteiger partial charge in [0.1, 0.15) is 30.9 Å². The molecule has 2 amide bonds. The van der Waals surface area contributed by atoms with E-state index in [-0.39, 0.29) is 19.1 Å². The van der Waals surface area contributed by atoms with E-state index in [1.165, 1.54) is 6.08 Å². The Morgan fingerprint density at radius 1 is 1.03 bits per heavy atom. The largest absolute Gasteiger partial charge is 0.460 e. The van der Waals surface area contributed by atoms with Crippen molar-refractivity contribution in [2.24, 2.45) is 5.92 Å². The predicted molar refractivity (Wildman–Crippen MR) is 122 cm³/mol. The monoisotopic (exact) mass is 462 g/mol. The minimum Gasteiger partial charge on any atom is -0.460 e. The summed E-state index contributed by atoms with van der Waals surface area (Å²) in [6.07, 6.45) is 0.0702. The Balaban J connectivity index is 2.91. The van der Waals surface area contributed by atoms with E-state index in [2.05, 4.69) is 17.2 Å². The molecule has 2 atom stereocenters. The first-order valence-electron chi connectivity index (χ1n) is 10.7. The van der Waals surface area contributed by atoms with Gasteiger partial charge in [0.25, 0.3) is 0 Å². The van der Waals surface area contributed by atoms with E-state index in [0.29, 0.717) is 0 Å². The number of alkyl carbamates (subject to hydrolysis) is 1. The molecule has 0 aliphatic heterocycles. The molecule has 0 fully saturated rings. The third kappa shape index (κ3) is 11.2. The van der Waals surface area contributed by atoms with Crippen LogP contribution in [0, 0.1) is 5.92 Å². The summed E-state index contributed by atoms with van der Waals surface area (Å²) in [6.45, 7) is 12.0. The molecule has 0 radical (unpaired) electrons. The number of rotatable bonds is 11. The lowest BCUT2D eigenvalue weighted by Crippen LogP contribution is -2.54. The summed E-state index contributed by atoms with van der Waals surface area (Å²) in [4.78, 5) is 49.9. The maximum absolute atomic E-state index is 12.9. The van der Waals surface area contributed by atoms with E-state index < -0.39 is 48.0 Å². The molecule has 9 nitrogen and oxygen atoms in total. The molecule has 1 aromatic rings. The summed E-state index contributed by atoms with van der Waals surface area (Å²) in [6, 6.07) is 6.67. The van der Waals surface area contributed by atoms with Crippen molar-refractivity contribution >= 4 is 23.9 Å². The van der Waals surface area contributed by atoms with Crippen LogP contribution in [-0.4, -0.2) is 48.2 Å². The Hall–Kier alpha value is -3.36. The molecule has 1 aromatic carbocycles. The Labute approximate surface area is 194 Å². The average molecular weight is 463 g/mol. The fourth-order valence-electron chi connectivity index (χ4n) is 2.65. The maximum atomic E-state index is 12.9. The molecule has 0 aliphatic carbocycles. The van der Waals surface area contributed by atoms with Crippen LogP contribution < -0.4 is 10.6 Å². The van der Waals surface area contributed by atoms with Crippen LogP contribution in [0.15, 0.2) is 43.0 Å². The highest BCUT2D eigenvalue weighted by Crippen LogP contribution is 2.11. The van der Waals surface area contributed by atoms with Gasteiger partial charge in [-0.3, -0.25) is 9.59 Å². The highest BCUT2D eigenvalue weighted by Gasteiger charge is 2.32. The van der Waals surface area contributed by atoms with Gasteiger partial charge in [-0.2, -0.15) is 0 Å². The van der Waals surface area contributed by atoms with Crippen LogP contribution in [0.25, 0.3) is 0 Å². The molecule has 0 saturated heterocycles. The predicted octanol–water partition coefficient (Wildman–Crippen LogP) is 2.88. The molecule has 0 heterocycles. The zero-order valence-electron chi connectivity index (χ0n) is 19.9. The molecule has 0 spiro atoms. The summed E-state index contributed by atoms with van der Waals surface area (Å²) in [7, 11) is 0. The molecule has 0 aliphatic rings. The van der Waals surface area contributed by atoms with Gasteiger partial charge < -0.3 is 24.8 Å². The SMILES string of the molecule is C=CCOC(=O)[C@@H](NC(=O)[C@H](CC(=O)OC(C)(C)C)NC(=O)OCc1ccccc1)C(C)C. The summed E-state index contributed by atoms with van der Waals surface area (Å²) in [5.41, 5.74) is -0.0217. The highest BCUT2D eigenvalue weighted by molar-refractivity contribution is 5.92. The molecule has 0 saturated carbocycles. The van der Waals surface area contributed by atoms with E-state index in [4.69, 9.17) is 14.2 Å². The van der Waals surface area contributed by atoms with Crippen molar-refractivity contribution < 1.29 is 33.4 Å². The Morgan fingerprint density at radius 2 is 1.67 bits per heavy atom. The van der Waals surface area contributed by atoms with Crippen molar-refractivity contribution in [3.05, 3.63) is 48.6 Å². The Bertz CT molecular complexity index is 816. The molecule has 0 unspecified atom stereocenters. The first kappa shape index (κ1) is 27.7. The lowest BCUT2D eigenvalue weighted by atomic mass is 10.0. The quantitative estimate of drug-likeness (QED) is 0.295. The molecule has 182 valence electrons. The van der Waals surface area contributed by atoms with Crippen molar-refractivity contribution in [3.63, 3.8) is 0 Å². The van der Waals surface area contributed by atoms with E-state index in [1.807, 2.05) is 6.07 Å². The normalized spacial score (nSPS) is 12.8. The van der Waals surface area contributed by atoms with Crippen LogP contribution in [0.5, 0.6) is 0 Å². The molecule has 9 heteroatoms. The van der Waals surface area contributed by atoms with Gasteiger partial charge in [0.05, 0.1) is 6.42 Å². The minimum atomic E-state index is -1.32. The Kier molecular flexibility index (Phi) is 11.1. The van der Waals surface area contributed by atoms with Crippen LogP contribution >= 0.6 is 0 Å². The lowest BCUT2D eigenvalue weighted by molar-refractivity contribution is -0.156. The molecular formula is C24H34N2O7. The fraction of sp³-hybridized carbons (Fsp3) is 0.500. The zero-order valence-corrected chi connectivity index (χ0v) is 19.9. The van der Waals surface area contributed by atoms with Gasteiger partial charge in [0.2, 0.25) is 5.91 Å². The first-order valence-corrected chi connectivity index (χ1v) is 10.7. The van der Waals surface area contributed by atoms with E-state index >= 15 is 0 Å². The van der Waals surface area contributed by atoms with Gasteiger partial charge in [-0.25, -0.2) is 9.59 Å². The summed E-state index contributed by atoms with van der Waals surface area (Å²) >= 11 is 0. The average Bonchev–Trinajstić information content (AvgIpc) is 2.72. The number of hydrogen-bond donors (Lipinski definition) is 2. The van der Waals surface area contributed by atoms with Crippen molar-refractivity contribution in [1.29, 1.82) is 0 Å². The van der Waals surface area contributed by atoms with Gasteiger partial charge >= 0.3 is 18.0 Å². The second kappa shape index (κ2) is 13.2. The lowest BCUT2D eigenvalue weighted by Gasteiger charge is -2.25. The molecular weight excluding hydrogens is 428 g/mol. The smallest absolute Gasteiger partial charge is 0.408 e. The number of amides is 2. The van der Waals surface area contributed by atoms with E-state index in [9.17, 15) is 19.2 Å². The number of ether oxygens (including phenoxy) is 3. The van der Waals surface area contributed by atoms with Gasteiger partial charge in [-0.1, -0.05) is 56.8 Å². The molecule has 0 bridgehead atoms. The molecule has 1 rings (SSSR count). The van der Waals surface area contributed by atoms with Crippen molar-refractivity contribution in [2.45, 2.75) is 65.3 Å². The van der Waals surface area contributed by atoms with Crippen LogP contribution in [0.4, 0.5) is 4.79 Å². The molecule has 33 heavy (non-hydrogen) atoms. The number of carbonyl (C=O) groups is 4. The Morgan fingerprint density at radius 3 is 2.21 bits per heavy atom. The summed E-state index contributed by atoms with van der Waals surface area (Å²) < 4.78 is 15.5. The standard InChI is InChI=1S/C24H34N2O7/c1-7-13-31-22(29)20(16(2)3)26-21(28)18(14-19(27)33-24(4,5)6)25-23(30)32-15-17-11-9-8-10-12-17/h7-12,16,18,20H,1,13-15H2,2-6H3,(H,25,30)(H,26,28)/t18-,20-/m0/s1. The van der Waals surface area contributed by atoms with E-state index in [1.54, 1.807) is 58.9 Å². The van der Waals surface area contributed by atoms with Gasteiger partial charge in [0, 0.05) is 0 Å². The third-order valence-electron chi connectivity index (χ3n) is 4.17. The van der Waals surface area contributed by atoms with Crippen LogP contribution in [0.2, 0.25) is 0 Å². The molecule has 2 N–H and O–H groups in total. The van der Waals surface area contributed by atoms with Crippen molar-refractivity contribution in [2.75, 3.05) is 6.61 Å². The van der Waals surface area contributed by atoms with E-state index in [0.717, 1.165) is 5.56 Å². The number of hydrogen-bond acceptors (Lipinski definition) is 7. The number of carbonyl (C=O) groups excluding carboxylic acids is 4. The summed E-state index contributed by atoms with van der Waals surface area (Å²) in [5, 5.41) is 4.93. The van der Waals surface area contributed by atoms with Crippen LogP contribution in [0.3, 0.4) is 0 Å². The highest BCUT2D eigenvalue weighted by atomic mass is 16.6. The topological polar surface area (TPSA) is 120 Å². The second-order valence-electron chi connectivity index (χ2n) is 8.70. The second-order valence-corrected chi connectivity index (χ2v) is 8.70. The maximum Gasteiger partial charge on any atom is 0.408 e. The van der Waals surface area contributed by atoms with Crippen LogP contribution in [0.1, 0.15) is 46.6 Å². The van der Waals surface area contributed by atoms with Gasteiger partial charge in [-0.05, 0) is 32.3 Å². The molecule has 0 aromatic heterocycles. The number of nitrogens with one attached hydrogen (secondary N) is 2. The van der Waals surface area contributed by atoms with Crippen LogP contribution in [-0.2, 0) is 35.2 Å². The van der Waals surface area contributed by atoms with Gasteiger partial charge in [-0.15, -0.1) is 0 Å². The first-order chi connectivity index (χ1) is 15.4. The minimum absolute atomic E-state index is 0.0106. The van der Waals surface area contributed by atoms with Crippen molar-refractivity contribution in [3.8, 4) is 0 Å². The number of esters is 2. The zero-order chi connectivity index (χ0) is 25.0. The fourth-order valence-corrected chi connectivity index (χ4v) is 2.65. The number of benzene rings is 1. The third-order valence-corrected chi connectivity index (χ3v) is 4.17. The van der Waals surface area contributed by atoms with Crippen molar-refractivity contribution in [1.82, 2.24) is 10.6 Å².